The van der Waals surface area contributed by atoms with Crippen molar-refractivity contribution in [3.8, 4) is 0 Å². The first-order valence-electron chi connectivity index (χ1n) is 6.40. The van der Waals surface area contributed by atoms with Gasteiger partial charge in [-0.25, -0.2) is 0 Å². The molecule has 0 saturated heterocycles. The highest BCUT2D eigenvalue weighted by Gasteiger charge is 1.91. The molecule has 0 aromatic carbocycles. The molecule has 14 heavy (non-hydrogen) atoms. The molecular weight excluding hydrogens is 188 g/mol. The minimum Gasteiger partial charge on any atom is -0.165 e. The zero-order chi connectivity index (χ0) is 10.5. The van der Waals surface area contributed by atoms with Crippen LogP contribution in [-0.4, -0.2) is 12.0 Å². The van der Waals surface area contributed by atoms with Crippen LogP contribution in [0.3, 0.4) is 0 Å². The van der Waals surface area contributed by atoms with Crippen LogP contribution in [0.4, 0.5) is 0 Å². The summed E-state index contributed by atoms with van der Waals surface area (Å²) in [6, 6.07) is 0. The zero-order valence-electron chi connectivity index (χ0n) is 10.2. The van der Waals surface area contributed by atoms with Gasteiger partial charge in [0.15, 0.2) is 0 Å². The smallest absolute Gasteiger partial charge is 0.00703 e. The average Bonchev–Trinajstić information content (AvgIpc) is 2.21. The van der Waals surface area contributed by atoms with Crippen LogP contribution in [0.1, 0.15) is 71.1 Å². The molecule has 0 heterocycles. The molecule has 0 bridgehead atoms. The molecule has 0 aromatic heterocycles. The van der Waals surface area contributed by atoms with Crippen molar-refractivity contribution in [2.75, 3.05) is 12.0 Å². The second-order valence-corrected chi connectivity index (χ2v) is 5.16. The topological polar surface area (TPSA) is 0 Å². The lowest BCUT2D eigenvalue weighted by Gasteiger charge is -2.01. The van der Waals surface area contributed by atoms with Crippen molar-refractivity contribution in [1.82, 2.24) is 0 Å². The Morgan fingerprint density at radius 3 is 1.50 bits per heavy atom. The quantitative estimate of drug-likeness (QED) is 0.424. The first-order valence-corrected chi connectivity index (χ1v) is 7.80. The predicted octanol–water partition coefficient (Wildman–Crippen LogP) is 5.27. The number of unbranched alkanes of at least 4 members (excludes halogenated alkanes) is 9. The van der Waals surface area contributed by atoms with Crippen LogP contribution in [0.2, 0.25) is 0 Å². The van der Waals surface area contributed by atoms with Gasteiger partial charge in [-0.1, -0.05) is 64.7 Å². The molecule has 0 N–H and O–H groups in total. The molecule has 0 radical (unpaired) electrons. The lowest BCUT2D eigenvalue weighted by Crippen LogP contribution is -1.82. The Kier molecular flexibility index (Phi) is 13.7. The van der Waals surface area contributed by atoms with Crippen molar-refractivity contribution in [3.05, 3.63) is 0 Å². The van der Waals surface area contributed by atoms with E-state index in [2.05, 4.69) is 13.2 Å². The first kappa shape index (κ1) is 14.3. The molecule has 0 amide bonds. The molecule has 0 fully saturated rings. The SMILES string of the molecule is CCCCCCCCCCCCSC. The third-order valence-corrected chi connectivity index (χ3v) is 3.40. The minimum atomic E-state index is 1.36. The van der Waals surface area contributed by atoms with E-state index in [1.54, 1.807) is 0 Å². The van der Waals surface area contributed by atoms with Crippen molar-refractivity contribution < 1.29 is 0 Å². The van der Waals surface area contributed by atoms with Gasteiger partial charge in [0.05, 0.1) is 0 Å². The fraction of sp³-hybridized carbons (Fsp3) is 1.00. The highest BCUT2D eigenvalue weighted by molar-refractivity contribution is 7.98. The Hall–Kier alpha value is 0.350. The van der Waals surface area contributed by atoms with Gasteiger partial charge in [0, 0.05) is 0 Å². The van der Waals surface area contributed by atoms with E-state index >= 15 is 0 Å². The van der Waals surface area contributed by atoms with E-state index < -0.39 is 0 Å². The van der Waals surface area contributed by atoms with Crippen molar-refractivity contribution in [2.24, 2.45) is 0 Å². The third-order valence-electron chi connectivity index (χ3n) is 2.70. The summed E-state index contributed by atoms with van der Waals surface area (Å²) in [6.45, 7) is 2.28. The van der Waals surface area contributed by atoms with Crippen LogP contribution in [0, 0.1) is 0 Å². The summed E-state index contributed by atoms with van der Waals surface area (Å²) < 4.78 is 0. The van der Waals surface area contributed by atoms with Gasteiger partial charge in [0.25, 0.3) is 0 Å². The van der Waals surface area contributed by atoms with E-state index in [-0.39, 0.29) is 0 Å². The second kappa shape index (κ2) is 13.4. The van der Waals surface area contributed by atoms with E-state index in [1.165, 1.54) is 70.0 Å². The van der Waals surface area contributed by atoms with Gasteiger partial charge < -0.3 is 0 Å². The van der Waals surface area contributed by atoms with Crippen molar-refractivity contribution in [1.29, 1.82) is 0 Å². The van der Waals surface area contributed by atoms with E-state index in [4.69, 9.17) is 0 Å². The summed E-state index contributed by atoms with van der Waals surface area (Å²) in [4.78, 5) is 0. The Balaban J connectivity index is 2.78. The molecule has 0 atom stereocenters. The number of hydrogen-bond donors (Lipinski definition) is 0. The molecule has 0 nitrogen and oxygen atoms in total. The third kappa shape index (κ3) is 12.3. The normalized spacial score (nSPS) is 10.7. The number of rotatable bonds is 11. The van der Waals surface area contributed by atoms with E-state index in [0.717, 1.165) is 0 Å². The Morgan fingerprint density at radius 1 is 0.643 bits per heavy atom. The highest BCUT2D eigenvalue weighted by atomic mass is 32.2. The van der Waals surface area contributed by atoms with Crippen molar-refractivity contribution in [2.45, 2.75) is 71.1 Å². The Bertz CT molecular complexity index is 79.2. The Labute approximate surface area is 95.2 Å². The molecule has 0 aromatic rings. The lowest BCUT2D eigenvalue weighted by molar-refractivity contribution is 0.563. The van der Waals surface area contributed by atoms with Crippen LogP contribution in [-0.2, 0) is 0 Å². The molecule has 0 aliphatic carbocycles. The molecule has 0 aliphatic heterocycles. The Morgan fingerprint density at radius 2 is 1.07 bits per heavy atom. The maximum Gasteiger partial charge on any atom is -0.00703 e. The van der Waals surface area contributed by atoms with Gasteiger partial charge in [-0.15, -0.1) is 0 Å². The monoisotopic (exact) mass is 216 g/mol. The van der Waals surface area contributed by atoms with Crippen LogP contribution in [0.5, 0.6) is 0 Å². The van der Waals surface area contributed by atoms with Gasteiger partial charge in [-0.2, -0.15) is 11.8 Å². The fourth-order valence-corrected chi connectivity index (χ4v) is 2.23. The highest BCUT2D eigenvalue weighted by Crippen LogP contribution is 2.11. The largest absolute Gasteiger partial charge is 0.165 e. The molecule has 1 heteroatoms. The van der Waals surface area contributed by atoms with Gasteiger partial charge in [0.2, 0.25) is 0 Å². The summed E-state index contributed by atoms with van der Waals surface area (Å²) in [5.41, 5.74) is 0. The molecular formula is C13H28S. The summed E-state index contributed by atoms with van der Waals surface area (Å²) in [5, 5.41) is 0. The lowest BCUT2D eigenvalue weighted by atomic mass is 10.1. The molecule has 0 aliphatic rings. The van der Waals surface area contributed by atoms with E-state index in [9.17, 15) is 0 Å². The summed E-state index contributed by atoms with van der Waals surface area (Å²) in [6.07, 6.45) is 16.7. The van der Waals surface area contributed by atoms with Crippen LogP contribution in [0.25, 0.3) is 0 Å². The van der Waals surface area contributed by atoms with Gasteiger partial charge in [-0.3, -0.25) is 0 Å². The first-order chi connectivity index (χ1) is 6.91. The predicted molar refractivity (Wildman–Crippen MR) is 70.2 cm³/mol. The van der Waals surface area contributed by atoms with Gasteiger partial charge in [0.1, 0.15) is 0 Å². The van der Waals surface area contributed by atoms with Crippen molar-refractivity contribution in [3.63, 3.8) is 0 Å². The standard InChI is InChI=1S/C13H28S/c1-3-4-5-6-7-8-9-10-11-12-13-14-2/h3-13H2,1-2H3. The van der Waals surface area contributed by atoms with Crippen LogP contribution < -0.4 is 0 Å². The fourth-order valence-electron chi connectivity index (χ4n) is 1.73. The van der Waals surface area contributed by atoms with Crippen LogP contribution in [0.15, 0.2) is 0 Å². The molecule has 0 spiro atoms. The zero-order valence-corrected chi connectivity index (χ0v) is 11.0. The van der Waals surface area contributed by atoms with Gasteiger partial charge in [-0.05, 0) is 18.4 Å². The molecule has 86 valence electrons. The van der Waals surface area contributed by atoms with E-state index in [1.807, 2.05) is 11.8 Å². The van der Waals surface area contributed by atoms with Crippen molar-refractivity contribution >= 4 is 11.8 Å². The number of thioether (sulfide) groups is 1. The summed E-state index contributed by atoms with van der Waals surface area (Å²) in [7, 11) is 0. The maximum atomic E-state index is 2.28. The summed E-state index contributed by atoms with van der Waals surface area (Å²) >= 11 is 1.98. The van der Waals surface area contributed by atoms with Gasteiger partial charge >= 0.3 is 0 Å². The molecule has 0 rings (SSSR count). The molecule has 0 saturated carbocycles. The number of hydrogen-bond acceptors (Lipinski definition) is 1. The molecule has 0 unspecified atom stereocenters. The van der Waals surface area contributed by atoms with Crippen LogP contribution >= 0.6 is 11.8 Å². The maximum absolute atomic E-state index is 2.28. The average molecular weight is 216 g/mol. The summed E-state index contributed by atoms with van der Waals surface area (Å²) in [5.74, 6) is 1.36. The second-order valence-electron chi connectivity index (χ2n) is 4.17. The van der Waals surface area contributed by atoms with E-state index in [0.29, 0.717) is 0 Å². The minimum absolute atomic E-state index is 1.36.